The molecule has 1 N–H and O–H groups in total. The van der Waals surface area contributed by atoms with Gasteiger partial charge in [0.15, 0.2) is 5.11 Å². The second-order valence-corrected chi connectivity index (χ2v) is 10.4. The fourth-order valence-corrected chi connectivity index (χ4v) is 6.70. The van der Waals surface area contributed by atoms with E-state index < -0.39 is 0 Å². The highest BCUT2D eigenvalue weighted by Crippen LogP contribution is 2.44. The maximum absolute atomic E-state index is 6.00. The molecule has 2 atom stereocenters. The Kier molecular flexibility index (Phi) is 5.81. The Morgan fingerprint density at radius 3 is 2.49 bits per heavy atom. The van der Waals surface area contributed by atoms with Crippen LogP contribution in [0.1, 0.15) is 66.8 Å². The van der Waals surface area contributed by atoms with E-state index in [1.165, 1.54) is 65.5 Å². The monoisotopic (exact) mass is 480 g/mol. The first-order valence-corrected chi connectivity index (χ1v) is 13.2. The smallest absolute Gasteiger partial charge is 0.170 e. The average Bonchev–Trinajstić information content (AvgIpc) is 3.39. The zero-order valence-electron chi connectivity index (χ0n) is 20.4. The summed E-state index contributed by atoms with van der Waals surface area (Å²) >= 11 is 6.00. The predicted octanol–water partition coefficient (Wildman–Crippen LogP) is 6.95. The van der Waals surface area contributed by atoms with Crippen LogP contribution in [0.5, 0.6) is 0 Å². The van der Waals surface area contributed by atoms with Gasteiger partial charge in [0.05, 0.1) is 23.5 Å². The third kappa shape index (κ3) is 3.82. The van der Waals surface area contributed by atoms with Crippen molar-refractivity contribution in [3.8, 4) is 5.69 Å². The minimum Gasteiger partial charge on any atom is -0.352 e. The number of aromatic nitrogens is 2. The second kappa shape index (κ2) is 9.12. The molecule has 1 aliphatic heterocycles. The predicted molar refractivity (Wildman–Crippen MR) is 147 cm³/mol. The number of hydrogen-bond acceptors (Lipinski definition) is 2. The number of hydrogen-bond donors (Lipinski definition) is 1. The lowest BCUT2D eigenvalue weighted by atomic mass is 9.90. The molecule has 0 unspecified atom stereocenters. The van der Waals surface area contributed by atoms with E-state index in [4.69, 9.17) is 17.2 Å². The average molecular weight is 481 g/mol. The van der Waals surface area contributed by atoms with Crippen molar-refractivity contribution in [1.82, 2.24) is 19.8 Å². The van der Waals surface area contributed by atoms with E-state index in [2.05, 4.69) is 89.3 Å². The molecule has 0 radical (unpaired) electrons. The van der Waals surface area contributed by atoms with E-state index in [-0.39, 0.29) is 12.1 Å². The lowest BCUT2D eigenvalue weighted by Gasteiger charge is -2.37. The Hall–Kier alpha value is -3.18. The van der Waals surface area contributed by atoms with Gasteiger partial charge in [0.2, 0.25) is 0 Å². The minimum absolute atomic E-state index is 0.0343. The van der Waals surface area contributed by atoms with Crippen LogP contribution < -0.4 is 5.32 Å². The molecule has 35 heavy (non-hydrogen) atoms. The summed E-state index contributed by atoms with van der Waals surface area (Å²) in [5.74, 6) is 0. The molecule has 2 aliphatic rings. The van der Waals surface area contributed by atoms with Gasteiger partial charge in [-0.25, -0.2) is 0 Å². The standard InChI is InChI=1S/C30H32N4S/c1-20-19-25(21(2)33(20)27-17-10-12-22-11-6-7-15-24(22)27)29-28(26-16-8-9-18-31-26)32-30(35)34(29)23-13-4-3-5-14-23/h6-12,15-19,23,28-29H,3-5,13-14H2,1-2H3,(H,32,35)/t28-,29-/m0/s1. The van der Waals surface area contributed by atoms with Gasteiger partial charge in [0.1, 0.15) is 0 Å². The fraction of sp³-hybridized carbons (Fsp3) is 0.333. The van der Waals surface area contributed by atoms with Crippen LogP contribution in [0.15, 0.2) is 72.9 Å². The number of fused-ring (bicyclic) bond motifs is 1. The molecule has 178 valence electrons. The van der Waals surface area contributed by atoms with Gasteiger partial charge < -0.3 is 14.8 Å². The van der Waals surface area contributed by atoms with Crippen LogP contribution in [0.4, 0.5) is 0 Å². The summed E-state index contributed by atoms with van der Waals surface area (Å²) in [6.45, 7) is 4.49. The van der Waals surface area contributed by atoms with Gasteiger partial charge in [-0.15, -0.1) is 0 Å². The third-order valence-electron chi connectivity index (χ3n) is 7.90. The maximum atomic E-state index is 6.00. The number of nitrogens with zero attached hydrogens (tertiary/aromatic N) is 3. The highest BCUT2D eigenvalue weighted by molar-refractivity contribution is 7.80. The Morgan fingerprint density at radius 2 is 1.69 bits per heavy atom. The van der Waals surface area contributed by atoms with Gasteiger partial charge in [-0.3, -0.25) is 4.98 Å². The summed E-state index contributed by atoms with van der Waals surface area (Å²) in [7, 11) is 0. The minimum atomic E-state index is 0.0343. The molecule has 4 aromatic rings. The summed E-state index contributed by atoms with van der Waals surface area (Å²) in [5.41, 5.74) is 6.14. The summed E-state index contributed by atoms with van der Waals surface area (Å²) in [6.07, 6.45) is 8.18. The van der Waals surface area contributed by atoms with Gasteiger partial charge in [-0.1, -0.05) is 61.7 Å². The van der Waals surface area contributed by atoms with Crippen molar-refractivity contribution < 1.29 is 0 Å². The summed E-state index contributed by atoms with van der Waals surface area (Å²) in [6, 6.07) is 24.4. The number of aryl methyl sites for hydroxylation is 1. The quantitative estimate of drug-likeness (QED) is 0.321. The zero-order chi connectivity index (χ0) is 23.9. The Bertz CT molecular complexity index is 1360. The molecule has 0 spiro atoms. The van der Waals surface area contributed by atoms with Crippen LogP contribution in [0.3, 0.4) is 0 Å². The molecule has 4 nitrogen and oxygen atoms in total. The normalized spacial score (nSPS) is 21.0. The Morgan fingerprint density at radius 1 is 0.914 bits per heavy atom. The number of thiocarbonyl (C=S) groups is 1. The van der Waals surface area contributed by atoms with Crippen molar-refractivity contribution in [1.29, 1.82) is 0 Å². The van der Waals surface area contributed by atoms with Crippen LogP contribution in [-0.2, 0) is 0 Å². The molecule has 6 rings (SSSR count). The van der Waals surface area contributed by atoms with Crippen molar-refractivity contribution in [2.24, 2.45) is 0 Å². The first-order valence-electron chi connectivity index (χ1n) is 12.8. The molecule has 0 amide bonds. The van der Waals surface area contributed by atoms with Crippen molar-refractivity contribution in [2.75, 3.05) is 0 Å². The number of nitrogens with one attached hydrogen (secondary N) is 1. The molecule has 2 aromatic heterocycles. The van der Waals surface area contributed by atoms with Crippen molar-refractivity contribution in [3.05, 3.63) is 95.6 Å². The van der Waals surface area contributed by atoms with Gasteiger partial charge in [0, 0.05) is 29.0 Å². The lowest BCUT2D eigenvalue weighted by Crippen LogP contribution is -2.40. The molecular weight excluding hydrogens is 448 g/mol. The molecule has 0 bridgehead atoms. The molecule has 1 saturated heterocycles. The topological polar surface area (TPSA) is 33.1 Å². The molecule has 2 fully saturated rings. The molecule has 1 aliphatic carbocycles. The molecule has 3 heterocycles. The van der Waals surface area contributed by atoms with E-state index in [9.17, 15) is 0 Å². The van der Waals surface area contributed by atoms with Gasteiger partial charge in [-0.05, 0) is 74.1 Å². The first kappa shape index (κ1) is 22.3. The Balaban J connectivity index is 1.51. The van der Waals surface area contributed by atoms with Crippen molar-refractivity contribution in [2.45, 2.75) is 64.1 Å². The summed E-state index contributed by atoms with van der Waals surface area (Å²) in [5, 5.41) is 7.08. The maximum Gasteiger partial charge on any atom is 0.170 e. The molecular formula is C30H32N4S. The van der Waals surface area contributed by atoms with Gasteiger partial charge in [-0.2, -0.15) is 0 Å². The van der Waals surface area contributed by atoms with Crippen LogP contribution >= 0.6 is 12.2 Å². The van der Waals surface area contributed by atoms with E-state index in [1.807, 2.05) is 12.3 Å². The van der Waals surface area contributed by atoms with Crippen molar-refractivity contribution >= 4 is 28.1 Å². The molecule has 5 heteroatoms. The SMILES string of the molecule is Cc1cc([C@H]2[C@H](c3ccccn3)NC(=S)N2C2CCCCC2)c(C)n1-c1cccc2ccccc12. The first-order chi connectivity index (χ1) is 17.1. The van der Waals surface area contributed by atoms with Crippen LogP contribution in [-0.4, -0.2) is 25.6 Å². The molecule has 1 saturated carbocycles. The number of benzene rings is 2. The second-order valence-electron chi connectivity index (χ2n) is 9.99. The highest BCUT2D eigenvalue weighted by Gasteiger charge is 2.44. The third-order valence-corrected chi connectivity index (χ3v) is 8.23. The van der Waals surface area contributed by atoms with E-state index in [0.717, 1.165) is 10.8 Å². The van der Waals surface area contributed by atoms with Crippen LogP contribution in [0, 0.1) is 13.8 Å². The number of pyridine rings is 1. The Labute approximate surface area is 213 Å². The fourth-order valence-electron chi connectivity index (χ4n) is 6.31. The largest absolute Gasteiger partial charge is 0.352 e. The van der Waals surface area contributed by atoms with Gasteiger partial charge in [0.25, 0.3) is 0 Å². The lowest BCUT2D eigenvalue weighted by molar-refractivity contribution is 0.197. The van der Waals surface area contributed by atoms with Gasteiger partial charge >= 0.3 is 0 Å². The van der Waals surface area contributed by atoms with E-state index in [1.54, 1.807) is 0 Å². The van der Waals surface area contributed by atoms with Crippen molar-refractivity contribution in [3.63, 3.8) is 0 Å². The number of rotatable bonds is 4. The van der Waals surface area contributed by atoms with Crippen LogP contribution in [0.2, 0.25) is 0 Å². The zero-order valence-corrected chi connectivity index (χ0v) is 21.3. The van der Waals surface area contributed by atoms with E-state index >= 15 is 0 Å². The summed E-state index contributed by atoms with van der Waals surface area (Å²) < 4.78 is 2.42. The van der Waals surface area contributed by atoms with Crippen LogP contribution in [0.25, 0.3) is 16.5 Å². The molecule has 2 aromatic carbocycles. The van der Waals surface area contributed by atoms with E-state index in [0.29, 0.717) is 6.04 Å². The highest BCUT2D eigenvalue weighted by atomic mass is 32.1. The summed E-state index contributed by atoms with van der Waals surface area (Å²) in [4.78, 5) is 7.27.